The number of hydrogen-bond donors (Lipinski definition) is 2. The Morgan fingerprint density at radius 2 is 2.00 bits per heavy atom. The number of nitrogens with zero attached hydrogens (tertiary/aromatic N) is 3. The van der Waals surface area contributed by atoms with E-state index in [9.17, 15) is 22.8 Å². The van der Waals surface area contributed by atoms with Gasteiger partial charge in [0.2, 0.25) is 11.8 Å². The zero-order chi connectivity index (χ0) is 24.6. The fourth-order valence-electron chi connectivity index (χ4n) is 3.73. The zero-order valence-corrected chi connectivity index (χ0v) is 18.4. The fourth-order valence-corrected chi connectivity index (χ4v) is 3.73. The van der Waals surface area contributed by atoms with Crippen molar-refractivity contribution in [3.8, 4) is 17.2 Å². The Bertz CT molecular complexity index is 1260. The van der Waals surface area contributed by atoms with Crippen LogP contribution in [0.25, 0.3) is 22.4 Å². The molecule has 0 unspecified atom stereocenters. The quantitative estimate of drug-likeness (QED) is 0.592. The van der Waals surface area contributed by atoms with Crippen LogP contribution in [0.5, 0.6) is 5.75 Å². The highest BCUT2D eigenvalue weighted by atomic mass is 19.4. The number of amides is 2. The number of rotatable bonds is 4. The maximum atomic E-state index is 13.2. The van der Waals surface area contributed by atoms with E-state index in [1.807, 2.05) is 0 Å². The second-order valence-electron chi connectivity index (χ2n) is 7.82. The van der Waals surface area contributed by atoms with Crippen molar-refractivity contribution in [2.75, 3.05) is 26.7 Å². The van der Waals surface area contributed by atoms with Crippen LogP contribution >= 0.6 is 0 Å². The van der Waals surface area contributed by atoms with Crippen LogP contribution in [0.1, 0.15) is 41.3 Å². The second kappa shape index (κ2) is 8.93. The Hall–Kier alpha value is -3.67. The molecule has 0 bridgehead atoms. The molecule has 4 rings (SSSR count). The number of carbonyl (C=O) groups excluding carboxylic acids is 2. The maximum absolute atomic E-state index is 13.2. The third-order valence-electron chi connectivity index (χ3n) is 5.43. The highest BCUT2D eigenvalue weighted by molar-refractivity contribution is 5.98. The number of benzene rings is 1. The molecule has 1 aliphatic rings. The van der Waals surface area contributed by atoms with E-state index in [0.717, 1.165) is 6.07 Å². The van der Waals surface area contributed by atoms with Crippen molar-refractivity contribution < 1.29 is 31.9 Å². The lowest BCUT2D eigenvalue weighted by Gasteiger charge is -2.18. The number of hydrogen-bond acceptors (Lipinski definition) is 7. The molecule has 3 N–H and O–H groups in total. The molecule has 1 aromatic carbocycles. The maximum Gasteiger partial charge on any atom is 0.433 e. The van der Waals surface area contributed by atoms with Gasteiger partial charge in [0.15, 0.2) is 11.5 Å². The fraction of sp³-hybridized carbons (Fsp3) is 0.364. The summed E-state index contributed by atoms with van der Waals surface area (Å²) in [5.41, 5.74) is 5.24. The lowest BCUT2D eigenvalue weighted by Crippen LogP contribution is -2.35. The Balaban J connectivity index is 1.81. The summed E-state index contributed by atoms with van der Waals surface area (Å²) in [6.07, 6.45) is -4.48. The number of fused-ring (bicyclic) bond motifs is 1. The molecule has 2 amide bonds. The molecule has 0 saturated carbocycles. The van der Waals surface area contributed by atoms with E-state index >= 15 is 0 Å². The third-order valence-corrected chi connectivity index (χ3v) is 5.43. The summed E-state index contributed by atoms with van der Waals surface area (Å²) in [6, 6.07) is 4.44. The molecule has 12 heteroatoms. The monoisotopic (exact) mass is 477 g/mol. The van der Waals surface area contributed by atoms with Crippen LogP contribution in [-0.4, -0.2) is 53.4 Å². The minimum Gasteiger partial charge on any atom is -0.494 e. The van der Waals surface area contributed by atoms with Gasteiger partial charge in [0.1, 0.15) is 17.0 Å². The van der Waals surface area contributed by atoms with Crippen LogP contribution in [0, 0.1) is 0 Å². The largest absolute Gasteiger partial charge is 0.494 e. The molecule has 9 nitrogen and oxygen atoms in total. The molecule has 1 fully saturated rings. The van der Waals surface area contributed by atoms with Gasteiger partial charge < -0.3 is 25.1 Å². The lowest BCUT2D eigenvalue weighted by molar-refractivity contribution is -0.141. The molecule has 0 spiro atoms. The summed E-state index contributed by atoms with van der Waals surface area (Å²) in [6.45, 7) is 2.43. The van der Waals surface area contributed by atoms with Crippen molar-refractivity contribution in [2.24, 2.45) is 5.73 Å². The van der Waals surface area contributed by atoms with Crippen molar-refractivity contribution in [1.82, 2.24) is 20.2 Å². The molecule has 1 aliphatic heterocycles. The first-order chi connectivity index (χ1) is 16.1. The molecule has 3 heterocycles. The molecule has 2 aromatic heterocycles. The number of carbonyl (C=O) groups is 2. The van der Waals surface area contributed by atoms with Crippen LogP contribution in [0.15, 0.2) is 28.7 Å². The van der Waals surface area contributed by atoms with Crippen LogP contribution < -0.4 is 15.8 Å². The van der Waals surface area contributed by atoms with E-state index in [1.165, 1.54) is 24.1 Å². The lowest BCUT2D eigenvalue weighted by atomic mass is 10.1. The van der Waals surface area contributed by atoms with Gasteiger partial charge >= 0.3 is 6.18 Å². The van der Waals surface area contributed by atoms with Gasteiger partial charge in [-0.05, 0) is 31.2 Å². The van der Waals surface area contributed by atoms with E-state index in [2.05, 4.69) is 15.3 Å². The Labute approximate surface area is 192 Å². The van der Waals surface area contributed by atoms with Crippen LogP contribution in [0.2, 0.25) is 0 Å². The standard InChI is InChI=1S/C22H22F3N5O4/c1-11(26)19-18(21(32)30-9-7-16(31)27-8-10-30)29-20(34-19)13-3-5-14(33-2)17-12(13)4-6-15(28-17)22(23,24)25/h3-6,11H,7-10,26H2,1-2H3,(H,27,31)/t11-/m0/s1. The van der Waals surface area contributed by atoms with Gasteiger partial charge in [-0.2, -0.15) is 13.2 Å². The smallest absolute Gasteiger partial charge is 0.433 e. The average molecular weight is 477 g/mol. The molecule has 3 aromatic rings. The first-order valence-corrected chi connectivity index (χ1v) is 10.5. The molecule has 180 valence electrons. The van der Waals surface area contributed by atoms with Gasteiger partial charge in [-0.15, -0.1) is 0 Å². The molecular formula is C22H22F3N5O4. The minimum absolute atomic E-state index is 0.00823. The third kappa shape index (κ3) is 4.40. The van der Waals surface area contributed by atoms with E-state index < -0.39 is 23.8 Å². The van der Waals surface area contributed by atoms with Crippen LogP contribution in [-0.2, 0) is 11.0 Å². The summed E-state index contributed by atoms with van der Waals surface area (Å²) in [5, 5.41) is 2.99. The van der Waals surface area contributed by atoms with E-state index in [-0.39, 0.29) is 47.5 Å². The molecule has 0 radical (unpaired) electrons. The normalized spacial score (nSPS) is 15.7. The predicted molar refractivity (Wildman–Crippen MR) is 115 cm³/mol. The number of nitrogens with two attached hydrogens (primary N) is 1. The molecule has 34 heavy (non-hydrogen) atoms. The van der Waals surface area contributed by atoms with Crippen molar-refractivity contribution in [1.29, 1.82) is 0 Å². The zero-order valence-electron chi connectivity index (χ0n) is 18.4. The van der Waals surface area contributed by atoms with Crippen LogP contribution in [0.3, 0.4) is 0 Å². The molecular weight excluding hydrogens is 455 g/mol. The summed E-state index contributed by atoms with van der Waals surface area (Å²) in [4.78, 5) is 34.4. The summed E-state index contributed by atoms with van der Waals surface area (Å²) in [7, 11) is 1.33. The van der Waals surface area contributed by atoms with Crippen molar-refractivity contribution in [3.63, 3.8) is 0 Å². The summed E-state index contributed by atoms with van der Waals surface area (Å²) in [5.74, 6) is -0.323. The van der Waals surface area contributed by atoms with Crippen molar-refractivity contribution in [3.05, 3.63) is 41.4 Å². The van der Waals surface area contributed by atoms with Gasteiger partial charge in [0, 0.05) is 37.0 Å². The average Bonchev–Trinajstić information content (AvgIpc) is 3.13. The number of oxazole rings is 1. The van der Waals surface area contributed by atoms with Crippen LogP contribution in [0.4, 0.5) is 13.2 Å². The summed E-state index contributed by atoms with van der Waals surface area (Å²) < 4.78 is 50.7. The van der Waals surface area contributed by atoms with Crippen molar-refractivity contribution >= 4 is 22.7 Å². The van der Waals surface area contributed by atoms with E-state index in [0.29, 0.717) is 24.0 Å². The SMILES string of the molecule is COc1ccc(-c2nc(C(=O)N3CCNC(=O)CC3)c([C@H](C)N)o2)c2ccc(C(F)(F)F)nc12. The van der Waals surface area contributed by atoms with E-state index in [1.54, 1.807) is 13.0 Å². The molecule has 0 aliphatic carbocycles. The number of nitrogens with one attached hydrogen (secondary N) is 1. The van der Waals surface area contributed by atoms with Gasteiger partial charge in [-0.3, -0.25) is 9.59 Å². The number of aromatic nitrogens is 2. The molecule has 1 atom stereocenters. The number of pyridine rings is 1. The number of alkyl halides is 3. The molecule has 1 saturated heterocycles. The number of ether oxygens (including phenoxy) is 1. The topological polar surface area (TPSA) is 124 Å². The van der Waals surface area contributed by atoms with Crippen molar-refractivity contribution in [2.45, 2.75) is 25.6 Å². The first-order valence-electron chi connectivity index (χ1n) is 10.5. The Morgan fingerprint density at radius 3 is 2.68 bits per heavy atom. The Kier molecular flexibility index (Phi) is 6.17. The summed E-state index contributed by atoms with van der Waals surface area (Å²) >= 11 is 0. The van der Waals surface area contributed by atoms with Gasteiger partial charge in [0.25, 0.3) is 5.91 Å². The van der Waals surface area contributed by atoms with Gasteiger partial charge in [0.05, 0.1) is 13.2 Å². The van der Waals surface area contributed by atoms with E-state index in [4.69, 9.17) is 14.9 Å². The second-order valence-corrected chi connectivity index (χ2v) is 7.82. The highest BCUT2D eigenvalue weighted by Gasteiger charge is 2.33. The van der Waals surface area contributed by atoms with Gasteiger partial charge in [-0.1, -0.05) is 0 Å². The highest BCUT2D eigenvalue weighted by Crippen LogP contribution is 2.37. The van der Waals surface area contributed by atoms with Gasteiger partial charge in [-0.25, -0.2) is 9.97 Å². The minimum atomic E-state index is -4.64. The predicted octanol–water partition coefficient (Wildman–Crippen LogP) is 2.90. The number of halogens is 3. The first kappa shape index (κ1) is 23.5. The Morgan fingerprint density at radius 1 is 1.24 bits per heavy atom. The number of methoxy groups -OCH3 is 1.